The maximum absolute atomic E-state index is 2.38. The van der Waals surface area contributed by atoms with Crippen molar-refractivity contribution in [3.63, 3.8) is 0 Å². The van der Waals surface area contributed by atoms with Gasteiger partial charge >= 0.3 is 112 Å². The third-order valence-corrected chi connectivity index (χ3v) is 11.8. The standard InChI is InChI=1S/3C5H11.Sn/c3*1-4-5(2)3;/h3*5H,1,4H2,2-3H3;. The molecular weight excluding hydrogens is 299 g/mol. The molecule has 0 aromatic heterocycles. The Labute approximate surface area is 111 Å². The Kier molecular flexibility index (Phi) is 10.3. The Hall–Kier alpha value is 0.799. The number of rotatable bonds is 9. The predicted molar refractivity (Wildman–Crippen MR) is 78.5 cm³/mol. The second kappa shape index (κ2) is 9.79. The van der Waals surface area contributed by atoms with Crippen LogP contribution in [0.3, 0.4) is 0 Å². The van der Waals surface area contributed by atoms with Gasteiger partial charge in [-0.1, -0.05) is 0 Å². The van der Waals surface area contributed by atoms with Crippen LogP contribution in [0.5, 0.6) is 0 Å². The van der Waals surface area contributed by atoms with E-state index in [0.717, 1.165) is 17.8 Å². The van der Waals surface area contributed by atoms with Crippen LogP contribution in [0.2, 0.25) is 13.3 Å². The molecule has 0 atom stereocenters. The van der Waals surface area contributed by atoms with E-state index in [1.54, 1.807) is 13.3 Å². The number of hydrogen-bond acceptors (Lipinski definition) is 0. The summed E-state index contributed by atoms with van der Waals surface area (Å²) in [5, 5.41) is 0. The van der Waals surface area contributed by atoms with Crippen molar-refractivity contribution in [3.05, 3.63) is 0 Å². The summed E-state index contributed by atoms with van der Waals surface area (Å²) < 4.78 is 4.96. The first kappa shape index (κ1) is 16.8. The van der Waals surface area contributed by atoms with Crippen LogP contribution in [0.1, 0.15) is 60.8 Å². The summed E-state index contributed by atoms with van der Waals surface area (Å²) in [5.41, 5.74) is 0. The van der Waals surface area contributed by atoms with Crippen molar-refractivity contribution in [2.45, 2.75) is 74.1 Å². The van der Waals surface area contributed by atoms with Gasteiger partial charge in [-0.05, 0) is 0 Å². The van der Waals surface area contributed by atoms with Crippen LogP contribution in [-0.4, -0.2) is 19.8 Å². The van der Waals surface area contributed by atoms with Crippen molar-refractivity contribution in [3.8, 4) is 0 Å². The molecule has 0 rings (SSSR count). The fourth-order valence-corrected chi connectivity index (χ4v) is 12.4. The zero-order chi connectivity index (χ0) is 12.6. The maximum atomic E-state index is 2.38. The van der Waals surface area contributed by atoms with Gasteiger partial charge in [0.15, 0.2) is 0 Å². The fourth-order valence-electron chi connectivity index (χ4n) is 1.85. The van der Waals surface area contributed by atoms with E-state index in [0.29, 0.717) is 0 Å². The molecule has 0 N–H and O–H groups in total. The molecule has 0 amide bonds. The van der Waals surface area contributed by atoms with Crippen molar-refractivity contribution >= 4 is 19.8 Å². The summed E-state index contributed by atoms with van der Waals surface area (Å²) in [4.78, 5) is 0. The van der Waals surface area contributed by atoms with Crippen LogP contribution in [0.25, 0.3) is 0 Å². The van der Waals surface area contributed by atoms with Gasteiger partial charge in [0.2, 0.25) is 0 Å². The van der Waals surface area contributed by atoms with Gasteiger partial charge in [-0.25, -0.2) is 0 Å². The Morgan fingerprint density at radius 3 is 1.00 bits per heavy atom. The van der Waals surface area contributed by atoms with E-state index >= 15 is 0 Å². The fraction of sp³-hybridized carbons (Fsp3) is 1.00. The first-order valence-electron chi connectivity index (χ1n) is 7.25. The molecule has 0 saturated heterocycles. The normalized spacial score (nSPS) is 12.4. The van der Waals surface area contributed by atoms with Gasteiger partial charge in [0.25, 0.3) is 0 Å². The molecular formula is C15H33Sn. The van der Waals surface area contributed by atoms with Gasteiger partial charge in [0.1, 0.15) is 0 Å². The summed E-state index contributed by atoms with van der Waals surface area (Å²) in [6.45, 7) is 14.3. The topological polar surface area (TPSA) is 0 Å². The van der Waals surface area contributed by atoms with Gasteiger partial charge in [0, 0.05) is 0 Å². The summed E-state index contributed by atoms with van der Waals surface area (Å²) in [6, 6.07) is 0. The molecule has 0 spiro atoms. The summed E-state index contributed by atoms with van der Waals surface area (Å²) in [5.74, 6) is 2.77. The molecule has 16 heavy (non-hydrogen) atoms. The molecule has 0 unspecified atom stereocenters. The van der Waals surface area contributed by atoms with Crippen LogP contribution in [0.15, 0.2) is 0 Å². The number of hydrogen-bond donors (Lipinski definition) is 0. The zero-order valence-corrected chi connectivity index (χ0v) is 15.3. The second-order valence-electron chi connectivity index (χ2n) is 6.55. The summed E-state index contributed by atoms with van der Waals surface area (Å²) in [6.07, 6.45) is 4.51. The Morgan fingerprint density at radius 2 is 0.812 bits per heavy atom. The van der Waals surface area contributed by atoms with Crippen molar-refractivity contribution in [1.29, 1.82) is 0 Å². The molecule has 0 aromatic carbocycles. The van der Waals surface area contributed by atoms with E-state index in [-0.39, 0.29) is 0 Å². The molecule has 1 radical (unpaired) electrons. The first-order chi connectivity index (χ1) is 7.41. The summed E-state index contributed by atoms with van der Waals surface area (Å²) >= 11 is -0.982. The van der Waals surface area contributed by atoms with Crippen molar-refractivity contribution in [2.24, 2.45) is 17.8 Å². The molecule has 0 aliphatic heterocycles. The van der Waals surface area contributed by atoms with Gasteiger partial charge in [-0.2, -0.15) is 0 Å². The van der Waals surface area contributed by atoms with E-state index in [4.69, 9.17) is 0 Å². The van der Waals surface area contributed by atoms with Gasteiger partial charge in [-0.15, -0.1) is 0 Å². The average Bonchev–Trinajstić information content (AvgIpc) is 2.15. The van der Waals surface area contributed by atoms with Gasteiger partial charge in [-0.3, -0.25) is 0 Å². The van der Waals surface area contributed by atoms with E-state index in [9.17, 15) is 0 Å². The van der Waals surface area contributed by atoms with Gasteiger partial charge < -0.3 is 0 Å². The molecule has 1 heteroatoms. The molecule has 0 heterocycles. The molecule has 0 bridgehead atoms. The zero-order valence-electron chi connectivity index (χ0n) is 12.5. The quantitative estimate of drug-likeness (QED) is 0.481. The van der Waals surface area contributed by atoms with Crippen LogP contribution < -0.4 is 0 Å². The van der Waals surface area contributed by atoms with E-state index in [1.165, 1.54) is 19.3 Å². The van der Waals surface area contributed by atoms with E-state index in [1.807, 2.05) is 0 Å². The minimum atomic E-state index is -0.982. The second-order valence-corrected chi connectivity index (χ2v) is 15.1. The van der Waals surface area contributed by atoms with Crippen LogP contribution in [0, 0.1) is 17.8 Å². The molecule has 0 aliphatic carbocycles. The van der Waals surface area contributed by atoms with Crippen molar-refractivity contribution in [1.82, 2.24) is 0 Å². The molecule has 0 aromatic rings. The minimum absolute atomic E-state index is 0.925. The first-order valence-corrected chi connectivity index (χ1v) is 13.3. The molecule has 97 valence electrons. The molecule has 0 saturated carbocycles. The van der Waals surface area contributed by atoms with E-state index in [2.05, 4.69) is 41.5 Å². The van der Waals surface area contributed by atoms with Crippen molar-refractivity contribution < 1.29 is 0 Å². The van der Waals surface area contributed by atoms with Crippen LogP contribution in [-0.2, 0) is 0 Å². The predicted octanol–water partition coefficient (Wildman–Crippen LogP) is 5.62. The summed E-state index contributed by atoms with van der Waals surface area (Å²) in [7, 11) is 0. The van der Waals surface area contributed by atoms with Gasteiger partial charge in [0.05, 0.1) is 0 Å². The Morgan fingerprint density at radius 1 is 0.562 bits per heavy atom. The van der Waals surface area contributed by atoms with Crippen LogP contribution in [0.4, 0.5) is 0 Å². The molecule has 0 nitrogen and oxygen atoms in total. The van der Waals surface area contributed by atoms with Crippen LogP contribution >= 0.6 is 0 Å². The third kappa shape index (κ3) is 11.3. The Bertz CT molecular complexity index is 121. The average molecular weight is 332 g/mol. The Balaban J connectivity index is 3.85. The van der Waals surface area contributed by atoms with Crippen molar-refractivity contribution in [2.75, 3.05) is 0 Å². The monoisotopic (exact) mass is 333 g/mol. The van der Waals surface area contributed by atoms with E-state index < -0.39 is 19.8 Å². The SMILES string of the molecule is CC(C)C[CH2][Sn]([CH2]CC(C)C)[CH2]CC(C)C. The third-order valence-electron chi connectivity index (χ3n) is 3.23. The molecule has 0 aliphatic rings. The molecule has 0 fully saturated rings.